The second-order valence-electron chi connectivity index (χ2n) is 4.82. The Hall–Kier alpha value is -1.25. The van der Waals surface area contributed by atoms with Crippen molar-refractivity contribution in [2.45, 2.75) is 12.8 Å². The van der Waals surface area contributed by atoms with Gasteiger partial charge in [0, 0.05) is 19.8 Å². The van der Waals surface area contributed by atoms with Gasteiger partial charge in [-0.3, -0.25) is 4.68 Å². The number of anilines is 1. The highest BCUT2D eigenvalue weighted by molar-refractivity contribution is 5.38. The van der Waals surface area contributed by atoms with Crippen LogP contribution in [0.15, 0.2) is 24.5 Å². The van der Waals surface area contributed by atoms with E-state index in [1.54, 1.807) is 0 Å². The Morgan fingerprint density at radius 1 is 1.47 bits per heavy atom. The molecular weight excluding hydrogens is 186 g/mol. The predicted molar refractivity (Wildman–Crippen MR) is 60.5 cm³/mol. The average molecular weight is 203 g/mol. The number of rotatable bonds is 3. The van der Waals surface area contributed by atoms with Gasteiger partial charge in [-0.1, -0.05) is 12.2 Å². The molecule has 0 amide bonds. The Kier molecular flexibility index (Phi) is 2.04. The van der Waals surface area contributed by atoms with E-state index in [9.17, 15) is 0 Å². The van der Waals surface area contributed by atoms with Crippen LogP contribution in [0.1, 0.15) is 12.8 Å². The van der Waals surface area contributed by atoms with E-state index in [-0.39, 0.29) is 0 Å². The van der Waals surface area contributed by atoms with Gasteiger partial charge < -0.3 is 5.32 Å². The number of hydrogen-bond donors (Lipinski definition) is 1. The van der Waals surface area contributed by atoms with Crippen molar-refractivity contribution in [1.82, 2.24) is 9.78 Å². The van der Waals surface area contributed by atoms with Crippen molar-refractivity contribution < 1.29 is 0 Å². The highest BCUT2D eigenvalue weighted by atomic mass is 15.3. The molecule has 0 spiro atoms. The molecule has 1 N–H and O–H groups in total. The quantitative estimate of drug-likeness (QED) is 0.762. The summed E-state index contributed by atoms with van der Waals surface area (Å²) in [4.78, 5) is 0. The van der Waals surface area contributed by atoms with Crippen molar-refractivity contribution >= 4 is 5.69 Å². The Bertz CT molecular complexity index is 380. The second-order valence-corrected chi connectivity index (χ2v) is 4.82. The fourth-order valence-electron chi connectivity index (χ4n) is 2.89. The molecule has 0 saturated heterocycles. The van der Waals surface area contributed by atoms with Gasteiger partial charge in [-0.15, -0.1) is 0 Å². The molecule has 3 atom stereocenters. The lowest BCUT2D eigenvalue weighted by atomic mass is 9.94. The molecule has 0 unspecified atom stereocenters. The molecule has 15 heavy (non-hydrogen) atoms. The smallest absolute Gasteiger partial charge is 0.0726 e. The third-order valence-corrected chi connectivity index (χ3v) is 3.69. The molecular formula is C12H17N3. The molecule has 1 fully saturated rings. The number of hydrogen-bond acceptors (Lipinski definition) is 2. The molecule has 2 aliphatic rings. The summed E-state index contributed by atoms with van der Waals surface area (Å²) in [6.45, 7) is 1.09. The Balaban J connectivity index is 1.57. The van der Waals surface area contributed by atoms with Gasteiger partial charge in [-0.2, -0.15) is 5.10 Å². The van der Waals surface area contributed by atoms with E-state index < -0.39 is 0 Å². The number of nitrogens with one attached hydrogen (secondary N) is 1. The first-order chi connectivity index (χ1) is 7.31. The number of aromatic nitrogens is 2. The monoisotopic (exact) mass is 203 g/mol. The number of aryl methyl sites for hydroxylation is 1. The lowest BCUT2D eigenvalue weighted by molar-refractivity contribution is 0.472. The summed E-state index contributed by atoms with van der Waals surface area (Å²) in [6.07, 6.45) is 11.5. The zero-order chi connectivity index (χ0) is 10.3. The van der Waals surface area contributed by atoms with E-state index >= 15 is 0 Å². The molecule has 0 radical (unpaired) electrons. The molecule has 0 aliphatic heterocycles. The van der Waals surface area contributed by atoms with E-state index in [0.717, 1.165) is 30.0 Å². The van der Waals surface area contributed by atoms with Gasteiger partial charge in [-0.05, 0) is 30.6 Å². The number of allylic oxidation sites excluding steroid dienone is 2. The van der Waals surface area contributed by atoms with Gasteiger partial charge in [-0.25, -0.2) is 0 Å². The van der Waals surface area contributed by atoms with Crippen LogP contribution in [0.4, 0.5) is 5.69 Å². The van der Waals surface area contributed by atoms with Crippen LogP contribution in [0.3, 0.4) is 0 Å². The summed E-state index contributed by atoms with van der Waals surface area (Å²) in [5.74, 6) is 2.54. The SMILES string of the molecule is Cn1cc(NC[C@H]2C[C@@H]3C=C[C@H]2C3)cn1. The highest BCUT2D eigenvalue weighted by Crippen LogP contribution is 2.43. The summed E-state index contributed by atoms with van der Waals surface area (Å²) in [5, 5.41) is 7.63. The van der Waals surface area contributed by atoms with Gasteiger partial charge in [0.25, 0.3) is 0 Å². The molecule has 1 aromatic heterocycles. The predicted octanol–water partition coefficient (Wildman–Crippen LogP) is 2.04. The largest absolute Gasteiger partial charge is 0.382 e. The molecule has 1 aromatic rings. The van der Waals surface area contributed by atoms with E-state index in [1.807, 2.05) is 24.1 Å². The molecule has 1 saturated carbocycles. The molecule has 2 aliphatic carbocycles. The zero-order valence-corrected chi connectivity index (χ0v) is 9.06. The van der Waals surface area contributed by atoms with Crippen LogP contribution < -0.4 is 5.32 Å². The second kappa shape index (κ2) is 3.40. The van der Waals surface area contributed by atoms with Gasteiger partial charge in [0.2, 0.25) is 0 Å². The van der Waals surface area contributed by atoms with Crippen molar-refractivity contribution in [2.75, 3.05) is 11.9 Å². The van der Waals surface area contributed by atoms with Crippen LogP contribution in [-0.4, -0.2) is 16.3 Å². The topological polar surface area (TPSA) is 29.9 Å². The van der Waals surface area contributed by atoms with Crippen LogP contribution in [0.25, 0.3) is 0 Å². The summed E-state index contributed by atoms with van der Waals surface area (Å²) in [7, 11) is 1.95. The van der Waals surface area contributed by atoms with Crippen molar-refractivity contribution in [3.05, 3.63) is 24.5 Å². The first kappa shape index (κ1) is 9.01. The lowest BCUT2D eigenvalue weighted by Crippen LogP contribution is -2.17. The van der Waals surface area contributed by atoms with Crippen LogP contribution in [0.2, 0.25) is 0 Å². The Labute approximate surface area is 90.2 Å². The molecule has 1 heterocycles. The van der Waals surface area contributed by atoms with Crippen molar-refractivity contribution in [2.24, 2.45) is 24.8 Å². The maximum absolute atomic E-state index is 4.15. The van der Waals surface area contributed by atoms with Gasteiger partial charge >= 0.3 is 0 Å². The minimum absolute atomic E-state index is 0.833. The number of nitrogens with zero attached hydrogens (tertiary/aromatic N) is 2. The lowest BCUT2D eigenvalue weighted by Gasteiger charge is -2.18. The van der Waals surface area contributed by atoms with Crippen molar-refractivity contribution in [3.63, 3.8) is 0 Å². The first-order valence-electron chi connectivity index (χ1n) is 5.72. The van der Waals surface area contributed by atoms with E-state index in [4.69, 9.17) is 0 Å². The van der Waals surface area contributed by atoms with E-state index in [0.29, 0.717) is 0 Å². The zero-order valence-electron chi connectivity index (χ0n) is 9.06. The fraction of sp³-hybridized carbons (Fsp3) is 0.583. The van der Waals surface area contributed by atoms with Gasteiger partial charge in [0.15, 0.2) is 0 Å². The average Bonchev–Trinajstić information content (AvgIpc) is 2.90. The standard InChI is InChI=1S/C12H17N3/c1-15-8-12(7-14-15)13-6-11-5-9-2-3-10(11)4-9/h2-3,7-11,13H,4-6H2,1H3/t9-,10+,11-/m1/s1. The molecule has 80 valence electrons. The fourth-order valence-corrected chi connectivity index (χ4v) is 2.89. The summed E-state index contributed by atoms with van der Waals surface area (Å²) in [6, 6.07) is 0. The van der Waals surface area contributed by atoms with E-state index in [2.05, 4.69) is 22.6 Å². The van der Waals surface area contributed by atoms with Crippen molar-refractivity contribution in [1.29, 1.82) is 0 Å². The summed E-state index contributed by atoms with van der Waals surface area (Å²) < 4.78 is 1.84. The Morgan fingerprint density at radius 2 is 2.40 bits per heavy atom. The van der Waals surface area contributed by atoms with Crippen LogP contribution in [0, 0.1) is 17.8 Å². The summed E-state index contributed by atoms with van der Waals surface area (Å²) in [5.41, 5.74) is 1.14. The van der Waals surface area contributed by atoms with Gasteiger partial charge in [0.1, 0.15) is 0 Å². The van der Waals surface area contributed by atoms with Crippen LogP contribution in [-0.2, 0) is 7.05 Å². The molecule has 3 rings (SSSR count). The third-order valence-electron chi connectivity index (χ3n) is 3.69. The van der Waals surface area contributed by atoms with E-state index in [1.165, 1.54) is 12.8 Å². The Morgan fingerprint density at radius 3 is 3.00 bits per heavy atom. The first-order valence-corrected chi connectivity index (χ1v) is 5.72. The molecule has 3 heteroatoms. The third kappa shape index (κ3) is 1.66. The maximum atomic E-state index is 4.15. The van der Waals surface area contributed by atoms with Crippen molar-refractivity contribution in [3.8, 4) is 0 Å². The molecule has 3 nitrogen and oxygen atoms in total. The molecule has 2 bridgehead atoms. The van der Waals surface area contributed by atoms with Crippen LogP contribution in [0.5, 0.6) is 0 Å². The normalized spacial score (nSPS) is 32.5. The van der Waals surface area contributed by atoms with Crippen LogP contribution >= 0.6 is 0 Å². The minimum Gasteiger partial charge on any atom is -0.382 e. The molecule has 0 aromatic carbocycles. The number of fused-ring (bicyclic) bond motifs is 2. The minimum atomic E-state index is 0.833. The van der Waals surface area contributed by atoms with Gasteiger partial charge in [0.05, 0.1) is 11.9 Å². The summed E-state index contributed by atoms with van der Waals surface area (Å²) >= 11 is 0. The maximum Gasteiger partial charge on any atom is 0.0726 e. The highest BCUT2D eigenvalue weighted by Gasteiger charge is 2.35.